The minimum atomic E-state index is -0.294. The number of amides is 2. The Morgan fingerprint density at radius 1 is 0.861 bits per heavy atom. The van der Waals surface area contributed by atoms with E-state index in [0.29, 0.717) is 34.2 Å². The normalized spacial score (nSPS) is 17.0. The fourth-order valence-corrected chi connectivity index (χ4v) is 5.16. The largest absolute Gasteiger partial charge is 0.309 e. The molecule has 2 amide bonds. The van der Waals surface area contributed by atoms with Crippen LogP contribution in [0.3, 0.4) is 0 Å². The first-order chi connectivity index (χ1) is 17.6. The van der Waals surface area contributed by atoms with Crippen molar-refractivity contribution in [2.75, 3.05) is 10.6 Å². The summed E-state index contributed by atoms with van der Waals surface area (Å²) in [5.74, 6) is 0.730. The highest BCUT2D eigenvalue weighted by Gasteiger charge is 2.29. The third-order valence-electron chi connectivity index (χ3n) is 6.00. The lowest BCUT2D eigenvalue weighted by atomic mass is 10.00. The Balaban J connectivity index is 1.10. The van der Waals surface area contributed by atoms with Gasteiger partial charge in [0.1, 0.15) is 10.7 Å². The standard InChI is InChI=1S/C25H24N8O2S/c34-22(15-18-5-1-3-11-26-18)28-21-10-9-19(30-31-21)14-16-7-8-17(13-16)24-32-33-25(36-24)29-23(35)20-6-2-4-12-27-20/h1-6,9-12,16-17H,7-8,13-15H2,(H,28,31,34)(H,29,33,35)/t16-,17+/m1/s1. The van der Waals surface area contributed by atoms with Crippen molar-refractivity contribution in [2.24, 2.45) is 5.92 Å². The zero-order chi connectivity index (χ0) is 24.7. The average molecular weight is 501 g/mol. The van der Waals surface area contributed by atoms with Crippen LogP contribution in [0.25, 0.3) is 0 Å². The van der Waals surface area contributed by atoms with Crippen molar-refractivity contribution in [1.29, 1.82) is 0 Å². The number of pyridine rings is 2. The van der Waals surface area contributed by atoms with Crippen molar-refractivity contribution in [3.8, 4) is 0 Å². The Hall–Kier alpha value is -4.12. The van der Waals surface area contributed by atoms with E-state index in [9.17, 15) is 9.59 Å². The first-order valence-corrected chi connectivity index (χ1v) is 12.5. The zero-order valence-electron chi connectivity index (χ0n) is 19.4. The fourth-order valence-electron chi connectivity index (χ4n) is 4.28. The summed E-state index contributed by atoms with van der Waals surface area (Å²) in [7, 11) is 0. The second-order valence-corrected chi connectivity index (χ2v) is 9.66. The monoisotopic (exact) mass is 500 g/mol. The Labute approximate surface area is 211 Å². The van der Waals surface area contributed by atoms with Crippen LogP contribution in [0.2, 0.25) is 0 Å². The minimum absolute atomic E-state index is 0.179. The van der Waals surface area contributed by atoms with Gasteiger partial charge in [-0.25, -0.2) is 0 Å². The maximum absolute atomic E-state index is 12.3. The molecule has 11 heteroatoms. The van der Waals surface area contributed by atoms with Gasteiger partial charge in [0, 0.05) is 24.0 Å². The smallest absolute Gasteiger partial charge is 0.276 e. The van der Waals surface area contributed by atoms with Crippen LogP contribution in [0.4, 0.5) is 10.9 Å². The zero-order valence-corrected chi connectivity index (χ0v) is 20.2. The first kappa shape index (κ1) is 23.6. The molecule has 1 aliphatic rings. The van der Waals surface area contributed by atoms with E-state index in [2.05, 4.69) is 41.0 Å². The second kappa shape index (κ2) is 11.1. The lowest BCUT2D eigenvalue weighted by Gasteiger charge is -2.09. The number of hydrogen-bond acceptors (Lipinski definition) is 9. The molecule has 10 nitrogen and oxygen atoms in total. The molecule has 1 saturated carbocycles. The van der Waals surface area contributed by atoms with E-state index < -0.39 is 0 Å². The average Bonchev–Trinajstić information content (AvgIpc) is 3.56. The summed E-state index contributed by atoms with van der Waals surface area (Å²) in [5, 5.41) is 23.9. The summed E-state index contributed by atoms with van der Waals surface area (Å²) in [6.45, 7) is 0. The molecule has 0 saturated heterocycles. The molecule has 0 bridgehead atoms. The predicted molar refractivity (Wildman–Crippen MR) is 134 cm³/mol. The number of nitrogens with one attached hydrogen (secondary N) is 2. The summed E-state index contributed by atoms with van der Waals surface area (Å²) in [4.78, 5) is 32.7. The van der Waals surface area contributed by atoms with Gasteiger partial charge >= 0.3 is 0 Å². The highest BCUT2D eigenvalue weighted by Crippen LogP contribution is 2.41. The number of carbonyl (C=O) groups excluding carboxylic acids is 2. The van der Waals surface area contributed by atoms with Crippen molar-refractivity contribution >= 4 is 34.1 Å². The van der Waals surface area contributed by atoms with Crippen molar-refractivity contribution in [1.82, 2.24) is 30.4 Å². The van der Waals surface area contributed by atoms with Crippen LogP contribution in [0.15, 0.2) is 60.9 Å². The molecule has 0 aromatic carbocycles. The Morgan fingerprint density at radius 2 is 1.72 bits per heavy atom. The minimum Gasteiger partial charge on any atom is -0.309 e. The van der Waals surface area contributed by atoms with E-state index >= 15 is 0 Å². The van der Waals surface area contributed by atoms with Crippen molar-refractivity contribution in [3.63, 3.8) is 0 Å². The van der Waals surface area contributed by atoms with Gasteiger partial charge in [0.05, 0.1) is 12.1 Å². The maximum atomic E-state index is 12.3. The lowest BCUT2D eigenvalue weighted by molar-refractivity contribution is -0.115. The van der Waals surface area contributed by atoms with Gasteiger partial charge in [-0.15, -0.1) is 15.3 Å². The molecular formula is C25H24N8O2S. The van der Waals surface area contributed by atoms with Crippen molar-refractivity contribution in [3.05, 3.63) is 83.0 Å². The fraction of sp³-hybridized carbons (Fsp3) is 0.280. The molecule has 0 aliphatic heterocycles. The van der Waals surface area contributed by atoms with E-state index in [4.69, 9.17) is 0 Å². The molecule has 2 N–H and O–H groups in total. The van der Waals surface area contributed by atoms with Crippen LogP contribution in [0.1, 0.15) is 52.1 Å². The third kappa shape index (κ3) is 6.11. The molecule has 5 rings (SSSR count). The van der Waals surface area contributed by atoms with Gasteiger partial charge in [0.15, 0.2) is 5.82 Å². The topological polar surface area (TPSA) is 136 Å². The highest BCUT2D eigenvalue weighted by atomic mass is 32.1. The summed E-state index contributed by atoms with van der Waals surface area (Å²) < 4.78 is 0. The van der Waals surface area contributed by atoms with E-state index in [1.807, 2.05) is 24.3 Å². The van der Waals surface area contributed by atoms with Gasteiger partial charge in [-0.1, -0.05) is 23.5 Å². The number of anilines is 2. The van der Waals surface area contributed by atoms with E-state index in [1.54, 1.807) is 36.7 Å². The molecule has 0 spiro atoms. The first-order valence-electron chi connectivity index (χ1n) is 11.7. The quantitative estimate of drug-likeness (QED) is 0.374. The Bertz CT molecular complexity index is 1310. The van der Waals surface area contributed by atoms with Gasteiger partial charge in [0.25, 0.3) is 5.91 Å². The highest BCUT2D eigenvalue weighted by molar-refractivity contribution is 7.15. The summed E-state index contributed by atoms with van der Waals surface area (Å²) in [6.07, 6.45) is 7.30. The number of nitrogens with zero attached hydrogens (tertiary/aromatic N) is 6. The molecule has 0 unspecified atom stereocenters. The molecule has 4 aromatic rings. The van der Waals surface area contributed by atoms with Gasteiger partial charge in [0.2, 0.25) is 11.0 Å². The van der Waals surface area contributed by atoms with E-state index in [1.165, 1.54) is 11.3 Å². The molecule has 1 fully saturated rings. The number of aromatic nitrogens is 6. The van der Waals surface area contributed by atoms with Gasteiger partial charge in [-0.3, -0.25) is 24.9 Å². The summed E-state index contributed by atoms with van der Waals surface area (Å²) in [6, 6.07) is 14.4. The molecule has 182 valence electrons. The van der Waals surface area contributed by atoms with Gasteiger partial charge < -0.3 is 5.32 Å². The maximum Gasteiger partial charge on any atom is 0.276 e. The SMILES string of the molecule is O=C(Cc1ccccn1)Nc1ccc(C[C@@H]2CC[C@H](c3nnc(NC(=O)c4ccccn4)s3)C2)nn1. The lowest BCUT2D eigenvalue weighted by Crippen LogP contribution is -2.16. The Morgan fingerprint density at radius 3 is 2.47 bits per heavy atom. The predicted octanol–water partition coefficient (Wildman–Crippen LogP) is 3.68. The van der Waals surface area contributed by atoms with Crippen LogP contribution < -0.4 is 10.6 Å². The van der Waals surface area contributed by atoms with E-state index in [0.717, 1.165) is 36.4 Å². The van der Waals surface area contributed by atoms with Crippen LogP contribution in [0, 0.1) is 5.92 Å². The third-order valence-corrected chi connectivity index (χ3v) is 7.00. The number of rotatable bonds is 8. The molecular weight excluding hydrogens is 476 g/mol. The van der Waals surface area contributed by atoms with E-state index in [-0.39, 0.29) is 18.2 Å². The Kier molecular flexibility index (Phi) is 7.27. The van der Waals surface area contributed by atoms with Crippen molar-refractivity contribution in [2.45, 2.75) is 38.0 Å². The molecule has 4 aromatic heterocycles. The summed E-state index contributed by atoms with van der Waals surface area (Å²) in [5.41, 5.74) is 1.94. The number of carbonyl (C=O) groups is 2. The molecule has 36 heavy (non-hydrogen) atoms. The van der Waals surface area contributed by atoms with Crippen LogP contribution >= 0.6 is 11.3 Å². The number of hydrogen-bond donors (Lipinski definition) is 2. The van der Waals surface area contributed by atoms with Crippen LogP contribution in [-0.2, 0) is 17.6 Å². The molecule has 2 atom stereocenters. The van der Waals surface area contributed by atoms with Gasteiger partial charge in [-0.2, -0.15) is 5.10 Å². The summed E-state index contributed by atoms with van der Waals surface area (Å²) >= 11 is 1.41. The van der Waals surface area contributed by atoms with Crippen molar-refractivity contribution < 1.29 is 9.59 Å². The van der Waals surface area contributed by atoms with Gasteiger partial charge in [-0.05, 0) is 68.0 Å². The van der Waals surface area contributed by atoms with Crippen LogP contribution in [0.5, 0.6) is 0 Å². The molecule has 1 aliphatic carbocycles. The van der Waals surface area contributed by atoms with Crippen LogP contribution in [-0.4, -0.2) is 42.2 Å². The second-order valence-electron chi connectivity index (χ2n) is 8.65. The molecule has 0 radical (unpaired) electrons. The molecule has 4 heterocycles.